The molecule has 0 spiro atoms. The van der Waals surface area contributed by atoms with Crippen molar-refractivity contribution < 1.29 is 4.39 Å². The number of fused-ring (bicyclic) bond motifs is 1. The maximum absolute atomic E-state index is 13.5. The molecule has 0 saturated heterocycles. The highest BCUT2D eigenvalue weighted by Gasteiger charge is 2.14. The van der Waals surface area contributed by atoms with Crippen LogP contribution < -0.4 is 5.56 Å². The van der Waals surface area contributed by atoms with Crippen molar-refractivity contribution in [2.24, 2.45) is 0 Å². The van der Waals surface area contributed by atoms with E-state index in [1.165, 1.54) is 0 Å². The van der Waals surface area contributed by atoms with Crippen LogP contribution in [-0.4, -0.2) is 15.0 Å². The number of aromatic amines is 2. The monoisotopic (exact) mass is 309 g/mol. The number of hydrogen-bond acceptors (Lipinski definition) is 3. The lowest BCUT2D eigenvalue weighted by molar-refractivity contribution is 0.630. The molecule has 0 bridgehead atoms. The van der Waals surface area contributed by atoms with E-state index in [0.29, 0.717) is 0 Å². The van der Waals surface area contributed by atoms with E-state index in [0.717, 1.165) is 0 Å². The lowest BCUT2D eigenvalue weighted by atomic mass is 10.3. The van der Waals surface area contributed by atoms with Gasteiger partial charge in [-0.3, -0.25) is 9.78 Å². The third-order valence-corrected chi connectivity index (χ3v) is 2.77. The highest BCUT2D eigenvalue weighted by Crippen LogP contribution is 2.24. The molecule has 0 aliphatic rings. The Labute approximate surface area is 101 Å². The van der Waals surface area contributed by atoms with E-state index in [1.807, 2.05) is 0 Å². The SMILES string of the molecule is O=c1[nH]c(=S)[nH]c2c(F)c(Cl)nc(Br)c12. The van der Waals surface area contributed by atoms with Gasteiger partial charge in [-0.25, -0.2) is 9.37 Å². The Morgan fingerprint density at radius 3 is 2.80 bits per heavy atom. The highest BCUT2D eigenvalue weighted by molar-refractivity contribution is 9.10. The molecule has 15 heavy (non-hydrogen) atoms. The van der Waals surface area contributed by atoms with Crippen molar-refractivity contribution >= 4 is 50.7 Å². The van der Waals surface area contributed by atoms with Gasteiger partial charge < -0.3 is 4.98 Å². The molecule has 8 heteroatoms. The number of nitrogens with zero attached hydrogens (tertiary/aromatic N) is 1. The summed E-state index contributed by atoms with van der Waals surface area (Å²) in [7, 11) is 0. The van der Waals surface area contributed by atoms with Gasteiger partial charge in [0.2, 0.25) is 0 Å². The lowest BCUT2D eigenvalue weighted by Gasteiger charge is -2.02. The first kappa shape index (κ1) is 10.7. The second-order valence-electron chi connectivity index (χ2n) is 2.67. The van der Waals surface area contributed by atoms with Crippen molar-refractivity contribution in [1.82, 2.24) is 15.0 Å². The van der Waals surface area contributed by atoms with E-state index in [-0.39, 0.29) is 25.4 Å². The fourth-order valence-electron chi connectivity index (χ4n) is 1.14. The summed E-state index contributed by atoms with van der Waals surface area (Å²) in [4.78, 5) is 19.9. The number of aromatic nitrogens is 3. The molecule has 0 aliphatic heterocycles. The molecule has 2 rings (SSSR count). The van der Waals surface area contributed by atoms with E-state index in [1.54, 1.807) is 0 Å². The summed E-state index contributed by atoms with van der Waals surface area (Å²) < 4.78 is 13.7. The van der Waals surface area contributed by atoms with Crippen LogP contribution in [0.5, 0.6) is 0 Å². The van der Waals surface area contributed by atoms with Crippen molar-refractivity contribution in [2.75, 3.05) is 0 Å². The first-order valence-electron chi connectivity index (χ1n) is 3.67. The molecule has 0 saturated carbocycles. The van der Waals surface area contributed by atoms with Crippen LogP contribution in [0.25, 0.3) is 10.9 Å². The maximum atomic E-state index is 13.5. The normalized spacial score (nSPS) is 10.9. The fraction of sp³-hybridized carbons (Fsp3) is 0. The minimum atomic E-state index is -0.799. The number of halogens is 3. The summed E-state index contributed by atoms with van der Waals surface area (Å²) in [6, 6.07) is 0. The first-order valence-corrected chi connectivity index (χ1v) is 5.25. The van der Waals surface area contributed by atoms with Crippen LogP contribution in [0.1, 0.15) is 0 Å². The molecule has 4 nitrogen and oxygen atoms in total. The molecule has 0 amide bonds. The van der Waals surface area contributed by atoms with Gasteiger partial charge in [-0.2, -0.15) is 0 Å². The van der Waals surface area contributed by atoms with Gasteiger partial charge in [0, 0.05) is 0 Å². The molecule has 0 radical (unpaired) electrons. The van der Waals surface area contributed by atoms with Crippen LogP contribution in [0.4, 0.5) is 4.39 Å². The molecule has 78 valence electrons. The Kier molecular flexibility index (Phi) is 2.61. The summed E-state index contributed by atoms with van der Waals surface area (Å²) in [5.74, 6) is -0.799. The van der Waals surface area contributed by atoms with Crippen molar-refractivity contribution in [3.63, 3.8) is 0 Å². The van der Waals surface area contributed by atoms with Crippen LogP contribution >= 0.6 is 39.7 Å². The number of pyridine rings is 1. The van der Waals surface area contributed by atoms with Crippen molar-refractivity contribution in [1.29, 1.82) is 0 Å². The van der Waals surface area contributed by atoms with Crippen LogP contribution in [0.15, 0.2) is 9.40 Å². The second kappa shape index (κ2) is 3.66. The zero-order valence-corrected chi connectivity index (χ0v) is 10.1. The van der Waals surface area contributed by atoms with Crippen LogP contribution in [-0.2, 0) is 0 Å². The molecule has 0 aliphatic carbocycles. The van der Waals surface area contributed by atoms with E-state index in [4.69, 9.17) is 23.8 Å². The minimum Gasteiger partial charge on any atom is -0.329 e. The van der Waals surface area contributed by atoms with Crippen molar-refractivity contribution in [2.45, 2.75) is 0 Å². The standard InChI is InChI=1S/C7H2BrClFN3OS/c8-4-1-3(2(10)5(9)12-4)11-7(15)13-6(1)14/h(H2,11,13,14,15). The lowest BCUT2D eigenvalue weighted by Crippen LogP contribution is -2.10. The molecule has 0 unspecified atom stereocenters. The molecule has 2 aromatic rings. The van der Waals surface area contributed by atoms with Gasteiger partial charge in [0.15, 0.2) is 15.7 Å². The van der Waals surface area contributed by atoms with Gasteiger partial charge >= 0.3 is 0 Å². The van der Waals surface area contributed by atoms with Crippen LogP contribution in [0, 0.1) is 10.6 Å². The van der Waals surface area contributed by atoms with Gasteiger partial charge in [-0.1, -0.05) is 11.6 Å². The van der Waals surface area contributed by atoms with Crippen molar-refractivity contribution in [3.05, 3.63) is 30.7 Å². The molecule has 2 N–H and O–H groups in total. The molecule has 2 heterocycles. The molecule has 0 fully saturated rings. The Balaban J connectivity index is 3.17. The Morgan fingerprint density at radius 1 is 1.47 bits per heavy atom. The number of rotatable bonds is 0. The molecule has 0 aromatic carbocycles. The van der Waals surface area contributed by atoms with Gasteiger partial charge in [-0.15, -0.1) is 0 Å². The predicted octanol–water partition coefficient (Wildman–Crippen LogP) is 2.54. The summed E-state index contributed by atoms with van der Waals surface area (Å²) in [6.07, 6.45) is 0. The van der Waals surface area contributed by atoms with Gasteiger partial charge in [0.1, 0.15) is 4.60 Å². The minimum absolute atomic E-state index is 0.0283. The van der Waals surface area contributed by atoms with E-state index < -0.39 is 11.4 Å². The van der Waals surface area contributed by atoms with Crippen LogP contribution in [0.3, 0.4) is 0 Å². The van der Waals surface area contributed by atoms with E-state index in [9.17, 15) is 9.18 Å². The molecular formula is C7H2BrClFN3OS. The Hall–Kier alpha value is -0.790. The predicted molar refractivity (Wildman–Crippen MR) is 60.2 cm³/mol. The fourth-order valence-corrected chi connectivity index (χ4v) is 2.17. The number of nitrogens with one attached hydrogen (secondary N) is 2. The Morgan fingerprint density at radius 2 is 2.13 bits per heavy atom. The summed E-state index contributed by atoms with van der Waals surface area (Å²) >= 11 is 13.3. The number of hydrogen-bond donors (Lipinski definition) is 2. The third kappa shape index (κ3) is 1.70. The Bertz CT molecular complexity index is 668. The van der Waals surface area contributed by atoms with Gasteiger partial charge in [0.25, 0.3) is 5.56 Å². The quantitative estimate of drug-likeness (QED) is 0.580. The first-order chi connectivity index (χ1) is 7.00. The zero-order chi connectivity index (χ0) is 11.2. The highest BCUT2D eigenvalue weighted by atomic mass is 79.9. The van der Waals surface area contributed by atoms with E-state index in [2.05, 4.69) is 30.9 Å². The van der Waals surface area contributed by atoms with Gasteiger partial charge in [0.05, 0.1) is 10.9 Å². The molecule has 0 atom stereocenters. The third-order valence-electron chi connectivity index (χ3n) is 1.75. The second-order valence-corrected chi connectivity index (χ2v) is 4.18. The molecule has 2 aromatic heterocycles. The van der Waals surface area contributed by atoms with Gasteiger partial charge in [-0.05, 0) is 28.1 Å². The van der Waals surface area contributed by atoms with Crippen molar-refractivity contribution in [3.8, 4) is 0 Å². The number of H-pyrrole nitrogens is 2. The smallest absolute Gasteiger partial charge is 0.262 e. The maximum Gasteiger partial charge on any atom is 0.262 e. The summed E-state index contributed by atoms with van der Waals surface area (Å²) in [6.45, 7) is 0. The summed E-state index contributed by atoms with van der Waals surface area (Å²) in [5, 5.41) is -0.281. The topological polar surface area (TPSA) is 61.5 Å². The average molecular weight is 311 g/mol. The van der Waals surface area contributed by atoms with E-state index >= 15 is 0 Å². The summed E-state index contributed by atoms with van der Waals surface area (Å²) in [5.41, 5.74) is -0.584. The zero-order valence-electron chi connectivity index (χ0n) is 6.90. The molecular weight excluding hydrogens is 309 g/mol. The van der Waals surface area contributed by atoms with Crippen LogP contribution in [0.2, 0.25) is 5.15 Å². The largest absolute Gasteiger partial charge is 0.329 e. The average Bonchev–Trinajstić information content (AvgIpc) is 2.12.